The van der Waals surface area contributed by atoms with Gasteiger partial charge in [0.1, 0.15) is 0 Å². The molecule has 3 aromatic rings. The maximum absolute atomic E-state index is 13.5. The van der Waals surface area contributed by atoms with E-state index < -0.39 is 0 Å². The number of carbonyl (C=O) groups excluding carboxylic acids is 1. The van der Waals surface area contributed by atoms with E-state index in [-0.39, 0.29) is 12.1 Å². The highest BCUT2D eigenvalue weighted by molar-refractivity contribution is 5.76. The van der Waals surface area contributed by atoms with Gasteiger partial charge in [0.25, 0.3) is 0 Å². The summed E-state index contributed by atoms with van der Waals surface area (Å²) < 4.78 is 2.24. The summed E-state index contributed by atoms with van der Waals surface area (Å²) in [6.45, 7) is 2.70. The first-order chi connectivity index (χ1) is 14.2. The summed E-state index contributed by atoms with van der Waals surface area (Å²) in [5.41, 5.74) is 5.81. The van der Waals surface area contributed by atoms with Crippen LogP contribution in [0.1, 0.15) is 54.1 Å². The molecule has 0 bridgehead atoms. The SMILES string of the molecule is Cc1cccc([C@@H]2c3cccn3-c3ccccc3CN2C(=O)NC2CCCC2)c1. The predicted octanol–water partition coefficient (Wildman–Crippen LogP) is 5.34. The third-order valence-corrected chi connectivity index (χ3v) is 6.27. The van der Waals surface area contributed by atoms with Crippen LogP contribution < -0.4 is 5.32 Å². The number of nitrogens with zero attached hydrogens (tertiary/aromatic N) is 2. The zero-order valence-corrected chi connectivity index (χ0v) is 16.8. The van der Waals surface area contributed by atoms with Gasteiger partial charge in [0.2, 0.25) is 0 Å². The lowest BCUT2D eigenvalue weighted by Crippen LogP contribution is -2.45. The number of fused-ring (bicyclic) bond motifs is 3. The summed E-state index contributed by atoms with van der Waals surface area (Å²) in [4.78, 5) is 15.5. The molecule has 1 aliphatic heterocycles. The first-order valence-corrected chi connectivity index (χ1v) is 10.6. The van der Waals surface area contributed by atoms with Crippen molar-refractivity contribution >= 4 is 6.03 Å². The van der Waals surface area contributed by atoms with Gasteiger partial charge < -0.3 is 14.8 Å². The lowest BCUT2D eigenvalue weighted by atomic mass is 10.00. The van der Waals surface area contributed by atoms with E-state index in [9.17, 15) is 4.79 Å². The van der Waals surface area contributed by atoms with Crippen LogP contribution in [0.4, 0.5) is 4.79 Å². The van der Waals surface area contributed by atoms with Gasteiger partial charge in [-0.05, 0) is 49.1 Å². The number of benzene rings is 2. The fourth-order valence-corrected chi connectivity index (χ4v) is 4.86. The third-order valence-electron chi connectivity index (χ3n) is 6.27. The Labute approximate surface area is 172 Å². The minimum atomic E-state index is -0.126. The monoisotopic (exact) mass is 385 g/mol. The summed E-state index contributed by atoms with van der Waals surface area (Å²) in [5.74, 6) is 0. The summed E-state index contributed by atoms with van der Waals surface area (Å²) >= 11 is 0. The molecule has 2 aliphatic rings. The van der Waals surface area contributed by atoms with Crippen LogP contribution in [0, 0.1) is 6.92 Å². The average molecular weight is 386 g/mol. The molecule has 2 heterocycles. The van der Waals surface area contributed by atoms with Crippen molar-refractivity contribution in [1.29, 1.82) is 0 Å². The number of hydrogen-bond acceptors (Lipinski definition) is 1. The molecule has 1 aromatic heterocycles. The molecular formula is C25H27N3O. The fourth-order valence-electron chi connectivity index (χ4n) is 4.86. The van der Waals surface area contributed by atoms with Crippen molar-refractivity contribution in [1.82, 2.24) is 14.8 Å². The first-order valence-electron chi connectivity index (χ1n) is 10.6. The van der Waals surface area contributed by atoms with Gasteiger partial charge in [-0.15, -0.1) is 0 Å². The number of urea groups is 1. The lowest BCUT2D eigenvalue weighted by molar-refractivity contribution is 0.176. The van der Waals surface area contributed by atoms with Crippen molar-refractivity contribution in [3.05, 3.63) is 89.2 Å². The molecule has 0 saturated heterocycles. The van der Waals surface area contributed by atoms with Crippen LogP contribution in [-0.4, -0.2) is 21.5 Å². The van der Waals surface area contributed by atoms with E-state index in [4.69, 9.17) is 0 Å². The molecule has 4 heteroatoms. The number of hydrogen-bond donors (Lipinski definition) is 1. The number of rotatable bonds is 2. The van der Waals surface area contributed by atoms with Crippen LogP contribution in [0.5, 0.6) is 0 Å². The summed E-state index contributed by atoms with van der Waals surface area (Å²) in [5, 5.41) is 3.32. The number of para-hydroxylation sites is 1. The Morgan fingerprint density at radius 1 is 1.00 bits per heavy atom. The van der Waals surface area contributed by atoms with Gasteiger partial charge in [0.05, 0.1) is 18.3 Å². The van der Waals surface area contributed by atoms with Crippen LogP contribution in [0.3, 0.4) is 0 Å². The Hall–Kier alpha value is -3.01. The van der Waals surface area contributed by atoms with Crippen molar-refractivity contribution in [3.63, 3.8) is 0 Å². The van der Waals surface area contributed by atoms with E-state index >= 15 is 0 Å². The predicted molar refractivity (Wildman–Crippen MR) is 115 cm³/mol. The Balaban J connectivity index is 1.63. The zero-order chi connectivity index (χ0) is 19.8. The third kappa shape index (κ3) is 3.33. The molecule has 1 fully saturated rings. The smallest absolute Gasteiger partial charge is 0.318 e. The van der Waals surface area contributed by atoms with E-state index in [1.54, 1.807) is 0 Å². The zero-order valence-electron chi connectivity index (χ0n) is 16.8. The molecule has 29 heavy (non-hydrogen) atoms. The quantitative estimate of drug-likeness (QED) is 0.635. The van der Waals surface area contributed by atoms with Gasteiger partial charge in [0, 0.05) is 17.9 Å². The molecule has 0 unspecified atom stereocenters. The second-order valence-corrected chi connectivity index (χ2v) is 8.31. The van der Waals surface area contributed by atoms with E-state index in [1.165, 1.54) is 24.0 Å². The molecule has 0 radical (unpaired) electrons. The van der Waals surface area contributed by atoms with Gasteiger partial charge in [0.15, 0.2) is 0 Å². The lowest BCUT2D eigenvalue weighted by Gasteiger charge is -2.32. The van der Waals surface area contributed by atoms with Gasteiger partial charge in [-0.25, -0.2) is 4.79 Å². The highest BCUT2D eigenvalue weighted by Gasteiger charge is 2.34. The maximum Gasteiger partial charge on any atom is 0.318 e. The van der Waals surface area contributed by atoms with Gasteiger partial charge >= 0.3 is 6.03 Å². The van der Waals surface area contributed by atoms with Crippen molar-refractivity contribution in [2.45, 2.75) is 51.2 Å². The Kier molecular flexibility index (Phi) is 4.62. The van der Waals surface area contributed by atoms with Crippen molar-refractivity contribution < 1.29 is 4.79 Å². The second kappa shape index (κ2) is 7.43. The number of aromatic nitrogens is 1. The highest BCUT2D eigenvalue weighted by atomic mass is 16.2. The van der Waals surface area contributed by atoms with Crippen molar-refractivity contribution in [2.24, 2.45) is 0 Å². The van der Waals surface area contributed by atoms with Crippen LogP contribution in [0.2, 0.25) is 0 Å². The number of amides is 2. The fraction of sp³-hybridized carbons (Fsp3) is 0.320. The minimum absolute atomic E-state index is 0.0351. The van der Waals surface area contributed by atoms with Crippen LogP contribution in [0.25, 0.3) is 5.69 Å². The van der Waals surface area contributed by atoms with E-state index in [1.807, 2.05) is 4.90 Å². The molecule has 148 valence electrons. The Morgan fingerprint density at radius 2 is 1.83 bits per heavy atom. The first kappa shape index (κ1) is 18.0. The minimum Gasteiger partial charge on any atom is -0.335 e. The maximum atomic E-state index is 13.5. The van der Waals surface area contributed by atoms with Gasteiger partial charge in [-0.2, -0.15) is 0 Å². The van der Waals surface area contributed by atoms with Crippen LogP contribution >= 0.6 is 0 Å². The number of aryl methyl sites for hydroxylation is 1. The Morgan fingerprint density at radius 3 is 2.66 bits per heavy atom. The number of carbonyl (C=O) groups is 1. The summed E-state index contributed by atoms with van der Waals surface area (Å²) in [6.07, 6.45) is 6.69. The van der Waals surface area contributed by atoms with Crippen LogP contribution in [-0.2, 0) is 6.54 Å². The second-order valence-electron chi connectivity index (χ2n) is 8.31. The summed E-state index contributed by atoms with van der Waals surface area (Å²) in [7, 11) is 0. The summed E-state index contributed by atoms with van der Waals surface area (Å²) in [6, 6.07) is 21.4. The molecule has 1 saturated carbocycles. The van der Waals surface area contributed by atoms with E-state index in [2.05, 4.69) is 83.7 Å². The highest BCUT2D eigenvalue weighted by Crippen LogP contribution is 2.37. The topological polar surface area (TPSA) is 37.3 Å². The normalized spacial score (nSPS) is 18.8. The standard InChI is InChI=1S/C25H27N3O/c1-18-8-6-10-19(16-18)24-23-14-7-15-27(23)22-13-5-2-9-20(22)17-28(24)25(29)26-21-11-3-4-12-21/h2,5-10,13-16,21,24H,3-4,11-12,17H2,1H3,(H,26,29)/t24-/m1/s1. The molecule has 2 aromatic carbocycles. The van der Waals surface area contributed by atoms with Crippen molar-refractivity contribution in [2.75, 3.05) is 0 Å². The molecule has 0 spiro atoms. The molecule has 1 atom stereocenters. The molecule has 4 nitrogen and oxygen atoms in total. The molecule has 1 N–H and O–H groups in total. The van der Waals surface area contributed by atoms with Crippen molar-refractivity contribution in [3.8, 4) is 5.69 Å². The largest absolute Gasteiger partial charge is 0.335 e. The number of nitrogens with one attached hydrogen (secondary N) is 1. The molecule has 5 rings (SSSR count). The Bertz CT molecular complexity index is 1030. The average Bonchev–Trinajstić information content (AvgIpc) is 3.38. The van der Waals surface area contributed by atoms with Gasteiger partial charge in [-0.3, -0.25) is 0 Å². The molecular weight excluding hydrogens is 358 g/mol. The van der Waals surface area contributed by atoms with Gasteiger partial charge in [-0.1, -0.05) is 60.9 Å². The molecule has 1 aliphatic carbocycles. The van der Waals surface area contributed by atoms with E-state index in [0.29, 0.717) is 12.6 Å². The molecule has 2 amide bonds. The van der Waals surface area contributed by atoms with Crippen LogP contribution in [0.15, 0.2) is 66.9 Å². The van der Waals surface area contributed by atoms with E-state index in [0.717, 1.165) is 29.8 Å².